The second-order valence-corrected chi connectivity index (χ2v) is 5.05. The van der Waals surface area contributed by atoms with E-state index in [1.807, 2.05) is 6.92 Å². The number of rotatable bonds is 5. The Kier molecular flexibility index (Phi) is 4.36. The third kappa shape index (κ3) is 3.35. The lowest BCUT2D eigenvalue weighted by atomic mass is 10.4. The summed E-state index contributed by atoms with van der Waals surface area (Å²) in [5, 5.41) is 12.2. The van der Waals surface area contributed by atoms with E-state index in [-0.39, 0.29) is 11.4 Å². The number of hydrogen-bond acceptors (Lipinski definition) is 6. The Morgan fingerprint density at radius 3 is 2.45 bits per heavy atom. The molecule has 0 aliphatic rings. The fourth-order valence-electron chi connectivity index (χ4n) is 1.40. The number of nitrogens with one attached hydrogen (secondary N) is 1. The summed E-state index contributed by atoms with van der Waals surface area (Å²) in [4.78, 5) is 35.1. The Balaban J connectivity index is 1.96. The van der Waals surface area contributed by atoms with Crippen LogP contribution in [0.15, 0.2) is 18.6 Å². The molecule has 0 aromatic carbocycles. The number of hydrogen-bond donors (Lipinski definition) is 2. The second-order valence-electron chi connectivity index (χ2n) is 3.85. The smallest absolute Gasteiger partial charge is 0.356 e. The van der Waals surface area contributed by atoms with Crippen molar-refractivity contribution < 1.29 is 14.7 Å². The van der Waals surface area contributed by atoms with Crippen LogP contribution in [0.5, 0.6) is 0 Å². The molecule has 0 fully saturated rings. The van der Waals surface area contributed by atoms with Gasteiger partial charge in [-0.3, -0.25) is 4.79 Å². The van der Waals surface area contributed by atoms with E-state index in [4.69, 9.17) is 5.11 Å². The van der Waals surface area contributed by atoms with Gasteiger partial charge in [-0.2, -0.15) is 0 Å². The summed E-state index contributed by atoms with van der Waals surface area (Å²) in [7, 11) is 0. The van der Waals surface area contributed by atoms with E-state index in [0.29, 0.717) is 6.54 Å². The fraction of sp³-hybridized carbons (Fsp3) is 0.250. The molecule has 0 aliphatic heterocycles. The van der Waals surface area contributed by atoms with Crippen molar-refractivity contribution in [3.63, 3.8) is 0 Å². The van der Waals surface area contributed by atoms with Crippen molar-refractivity contribution in [2.45, 2.75) is 19.9 Å². The zero-order chi connectivity index (χ0) is 14.5. The van der Waals surface area contributed by atoms with E-state index >= 15 is 0 Å². The number of carboxylic acids is 1. The Morgan fingerprint density at radius 1 is 1.20 bits per heavy atom. The van der Waals surface area contributed by atoms with Gasteiger partial charge in [0.25, 0.3) is 5.91 Å². The topological polar surface area (TPSA) is 105 Å². The van der Waals surface area contributed by atoms with Crippen molar-refractivity contribution in [1.82, 2.24) is 20.3 Å². The maximum absolute atomic E-state index is 11.8. The lowest BCUT2D eigenvalue weighted by molar-refractivity contribution is 0.0689. The summed E-state index contributed by atoms with van der Waals surface area (Å²) in [6, 6.07) is 0. The van der Waals surface area contributed by atoms with E-state index in [9.17, 15) is 9.59 Å². The molecule has 0 atom stereocenters. The first-order valence-corrected chi connectivity index (χ1v) is 6.69. The number of aromatic nitrogens is 3. The van der Waals surface area contributed by atoms with Gasteiger partial charge >= 0.3 is 5.97 Å². The first-order valence-electron chi connectivity index (χ1n) is 5.87. The highest BCUT2D eigenvalue weighted by Crippen LogP contribution is 2.12. The predicted octanol–water partition coefficient (Wildman–Crippen LogP) is 1.12. The first kappa shape index (κ1) is 14.1. The van der Waals surface area contributed by atoms with Crippen molar-refractivity contribution in [3.05, 3.63) is 39.9 Å². The van der Waals surface area contributed by atoms with E-state index in [0.717, 1.165) is 28.7 Å². The maximum atomic E-state index is 11.8. The maximum Gasteiger partial charge on any atom is 0.356 e. The van der Waals surface area contributed by atoms with Gasteiger partial charge in [-0.05, 0) is 6.42 Å². The monoisotopic (exact) mass is 292 g/mol. The molecule has 0 saturated heterocycles. The van der Waals surface area contributed by atoms with Crippen molar-refractivity contribution >= 4 is 23.2 Å². The lowest BCUT2D eigenvalue weighted by Crippen LogP contribution is -2.24. The van der Waals surface area contributed by atoms with Crippen LogP contribution in [0.2, 0.25) is 0 Å². The van der Waals surface area contributed by atoms with Gasteiger partial charge in [0, 0.05) is 11.1 Å². The Labute approximate surface area is 118 Å². The van der Waals surface area contributed by atoms with E-state index in [1.165, 1.54) is 11.3 Å². The molecule has 2 aromatic heterocycles. The van der Waals surface area contributed by atoms with Crippen molar-refractivity contribution in [2.75, 3.05) is 0 Å². The molecule has 0 saturated carbocycles. The highest BCUT2D eigenvalue weighted by atomic mass is 32.1. The van der Waals surface area contributed by atoms with E-state index < -0.39 is 11.9 Å². The molecular formula is C12H12N4O3S. The van der Waals surface area contributed by atoms with Crippen LogP contribution in [0.4, 0.5) is 0 Å². The average Bonchev–Trinajstić information content (AvgIpc) is 2.93. The number of carbonyl (C=O) groups excluding carboxylic acids is 1. The van der Waals surface area contributed by atoms with Gasteiger partial charge in [-0.15, -0.1) is 11.3 Å². The fourth-order valence-corrected chi connectivity index (χ4v) is 2.20. The minimum Gasteiger partial charge on any atom is -0.476 e. The second kappa shape index (κ2) is 6.20. The summed E-state index contributed by atoms with van der Waals surface area (Å²) >= 11 is 1.54. The van der Waals surface area contributed by atoms with Gasteiger partial charge in [0.1, 0.15) is 10.7 Å². The molecule has 2 rings (SSSR count). The van der Waals surface area contributed by atoms with Crippen molar-refractivity contribution in [1.29, 1.82) is 0 Å². The van der Waals surface area contributed by atoms with Crippen LogP contribution in [0.1, 0.15) is 37.8 Å². The van der Waals surface area contributed by atoms with Gasteiger partial charge in [-0.25, -0.2) is 19.7 Å². The van der Waals surface area contributed by atoms with Crippen LogP contribution < -0.4 is 5.32 Å². The van der Waals surface area contributed by atoms with Gasteiger partial charge in [0.2, 0.25) is 0 Å². The predicted molar refractivity (Wildman–Crippen MR) is 71.7 cm³/mol. The third-order valence-corrected chi connectivity index (χ3v) is 3.60. The van der Waals surface area contributed by atoms with Crippen molar-refractivity contribution in [2.24, 2.45) is 0 Å². The Morgan fingerprint density at radius 2 is 1.90 bits per heavy atom. The van der Waals surface area contributed by atoms with E-state index in [2.05, 4.69) is 20.3 Å². The molecule has 0 spiro atoms. The van der Waals surface area contributed by atoms with Crippen LogP contribution in [0.25, 0.3) is 0 Å². The minimum atomic E-state index is -1.18. The SMILES string of the molecule is CCc1cnc(CNC(=O)c2cnc(C(=O)O)cn2)s1. The quantitative estimate of drug-likeness (QED) is 0.855. The van der Waals surface area contributed by atoms with Gasteiger partial charge in [0.15, 0.2) is 5.69 Å². The standard InChI is InChI=1S/C12H12N4O3S/c1-2-7-3-15-10(20-7)6-16-11(17)8-4-14-9(5-13-8)12(18)19/h3-5H,2,6H2,1H3,(H,16,17)(H,18,19). The summed E-state index contributed by atoms with van der Waals surface area (Å²) in [6.07, 6.45) is 4.88. The first-order chi connectivity index (χ1) is 9.60. The number of thiazole rings is 1. The van der Waals surface area contributed by atoms with Crippen LogP contribution in [-0.2, 0) is 13.0 Å². The molecule has 0 aliphatic carbocycles. The highest BCUT2D eigenvalue weighted by molar-refractivity contribution is 7.11. The largest absolute Gasteiger partial charge is 0.476 e. The summed E-state index contributed by atoms with van der Waals surface area (Å²) in [5.74, 6) is -1.60. The number of carboxylic acid groups (broad SMARTS) is 1. The number of carbonyl (C=O) groups is 2. The molecule has 2 aromatic rings. The molecular weight excluding hydrogens is 280 g/mol. The molecule has 0 radical (unpaired) electrons. The third-order valence-electron chi connectivity index (χ3n) is 2.45. The van der Waals surface area contributed by atoms with E-state index in [1.54, 1.807) is 6.20 Å². The molecule has 20 heavy (non-hydrogen) atoms. The zero-order valence-corrected chi connectivity index (χ0v) is 11.5. The van der Waals surface area contributed by atoms with Gasteiger partial charge in [-0.1, -0.05) is 6.92 Å². The van der Waals surface area contributed by atoms with Crippen LogP contribution in [-0.4, -0.2) is 31.9 Å². The highest BCUT2D eigenvalue weighted by Gasteiger charge is 2.11. The molecule has 1 amide bonds. The average molecular weight is 292 g/mol. The zero-order valence-electron chi connectivity index (χ0n) is 10.7. The number of amides is 1. The van der Waals surface area contributed by atoms with Crippen LogP contribution in [0, 0.1) is 0 Å². The molecule has 7 nitrogen and oxygen atoms in total. The van der Waals surface area contributed by atoms with Crippen LogP contribution in [0.3, 0.4) is 0 Å². The number of aryl methyl sites for hydroxylation is 1. The molecule has 0 bridgehead atoms. The normalized spacial score (nSPS) is 10.2. The Hall–Kier alpha value is -2.35. The lowest BCUT2D eigenvalue weighted by Gasteiger charge is -2.02. The molecule has 0 unspecified atom stereocenters. The summed E-state index contributed by atoms with van der Waals surface area (Å²) in [6.45, 7) is 2.35. The van der Waals surface area contributed by atoms with Crippen molar-refractivity contribution in [3.8, 4) is 0 Å². The molecule has 2 heterocycles. The molecule has 104 valence electrons. The minimum absolute atomic E-state index is 0.0715. The molecule has 2 N–H and O–H groups in total. The van der Waals surface area contributed by atoms with Crippen LogP contribution >= 0.6 is 11.3 Å². The number of nitrogens with zero attached hydrogens (tertiary/aromatic N) is 3. The molecule has 8 heteroatoms. The Bertz CT molecular complexity index is 624. The summed E-state index contributed by atoms with van der Waals surface area (Å²) in [5.41, 5.74) is -0.128. The van der Waals surface area contributed by atoms with Gasteiger partial charge in [0.05, 0.1) is 18.9 Å². The van der Waals surface area contributed by atoms with Gasteiger partial charge < -0.3 is 10.4 Å². The number of aromatic carboxylic acids is 1. The summed E-state index contributed by atoms with van der Waals surface area (Å²) < 4.78 is 0.